The molecule has 1 aliphatic heterocycles. The second-order valence-corrected chi connectivity index (χ2v) is 7.48. The Bertz CT molecular complexity index is 552. The highest BCUT2D eigenvalue weighted by Crippen LogP contribution is 2.22. The van der Waals surface area contributed by atoms with Gasteiger partial charge in [0, 0.05) is 37.2 Å². The Labute approximate surface area is 183 Å². The van der Waals surface area contributed by atoms with Crippen molar-refractivity contribution >= 4 is 45.9 Å². The van der Waals surface area contributed by atoms with E-state index < -0.39 is 0 Å². The number of morpholine rings is 1. The van der Waals surface area contributed by atoms with Crippen LogP contribution in [-0.4, -0.2) is 56.8 Å². The first-order valence-corrected chi connectivity index (χ1v) is 9.98. The Morgan fingerprint density at radius 2 is 1.96 bits per heavy atom. The fourth-order valence-corrected chi connectivity index (χ4v) is 3.59. The quantitative estimate of drug-likeness (QED) is 0.316. The largest absolute Gasteiger partial charge is 0.379 e. The molecule has 7 heteroatoms. The minimum Gasteiger partial charge on any atom is -0.379 e. The summed E-state index contributed by atoms with van der Waals surface area (Å²) in [6.45, 7) is 13.0. The maximum absolute atomic E-state index is 5.41. The van der Waals surface area contributed by atoms with E-state index in [2.05, 4.69) is 70.4 Å². The van der Waals surface area contributed by atoms with Gasteiger partial charge in [-0.1, -0.05) is 41.1 Å². The van der Waals surface area contributed by atoms with E-state index in [4.69, 9.17) is 9.73 Å². The molecule has 1 saturated heterocycles. The van der Waals surface area contributed by atoms with Crippen LogP contribution in [0.1, 0.15) is 32.4 Å². The maximum Gasteiger partial charge on any atom is 0.191 e. The molecule has 1 aliphatic rings. The van der Waals surface area contributed by atoms with Gasteiger partial charge in [0.2, 0.25) is 0 Å². The van der Waals surface area contributed by atoms with E-state index in [1.54, 1.807) is 0 Å². The molecule has 0 spiro atoms. The minimum atomic E-state index is 0. The molecule has 2 unspecified atom stereocenters. The molecule has 2 N–H and O–H groups in total. The van der Waals surface area contributed by atoms with E-state index in [9.17, 15) is 0 Å². The molecule has 26 heavy (non-hydrogen) atoms. The van der Waals surface area contributed by atoms with Gasteiger partial charge in [0.25, 0.3) is 0 Å². The molecular weight excluding hydrogens is 507 g/mol. The summed E-state index contributed by atoms with van der Waals surface area (Å²) in [5, 5.41) is 6.86. The zero-order chi connectivity index (χ0) is 18.1. The average Bonchev–Trinajstić information content (AvgIpc) is 2.61. The lowest BCUT2D eigenvalue weighted by Crippen LogP contribution is -2.41. The van der Waals surface area contributed by atoms with Crippen LogP contribution < -0.4 is 10.6 Å². The molecule has 0 saturated carbocycles. The summed E-state index contributed by atoms with van der Waals surface area (Å²) < 4.78 is 6.53. The van der Waals surface area contributed by atoms with Crippen molar-refractivity contribution in [1.82, 2.24) is 15.5 Å². The number of halogens is 2. The first kappa shape index (κ1) is 23.7. The van der Waals surface area contributed by atoms with Crippen LogP contribution in [0.2, 0.25) is 0 Å². The Morgan fingerprint density at radius 3 is 2.62 bits per heavy atom. The van der Waals surface area contributed by atoms with E-state index in [1.807, 2.05) is 6.07 Å². The van der Waals surface area contributed by atoms with Crippen molar-refractivity contribution < 1.29 is 4.74 Å². The smallest absolute Gasteiger partial charge is 0.191 e. The number of ether oxygens (including phenoxy) is 1. The fraction of sp³-hybridized carbons (Fsp3) is 0.632. The third kappa shape index (κ3) is 8.10. The molecule has 1 aromatic carbocycles. The van der Waals surface area contributed by atoms with Crippen molar-refractivity contribution in [3.63, 3.8) is 0 Å². The molecule has 5 nitrogen and oxygen atoms in total. The highest BCUT2D eigenvalue weighted by molar-refractivity contribution is 14.0. The normalized spacial score (nSPS) is 17.9. The standard InChI is InChI=1S/C19H31BrN4O.HI/c1-4-21-19(23-16(3)17-7-5-6-8-18(17)20)22-13-15(2)14-24-9-11-25-12-10-24;/h5-8,15-16H,4,9-14H2,1-3H3,(H2,21,22,23);1H. The van der Waals surface area contributed by atoms with E-state index in [-0.39, 0.29) is 30.0 Å². The van der Waals surface area contributed by atoms with Crippen LogP contribution >= 0.6 is 39.9 Å². The van der Waals surface area contributed by atoms with E-state index in [0.29, 0.717) is 5.92 Å². The van der Waals surface area contributed by atoms with Gasteiger partial charge in [-0.3, -0.25) is 9.89 Å². The molecule has 0 aromatic heterocycles. The highest BCUT2D eigenvalue weighted by Gasteiger charge is 2.14. The summed E-state index contributed by atoms with van der Waals surface area (Å²) in [4.78, 5) is 7.26. The van der Waals surface area contributed by atoms with Crippen molar-refractivity contribution in [2.24, 2.45) is 10.9 Å². The molecule has 1 heterocycles. The van der Waals surface area contributed by atoms with Gasteiger partial charge in [0.05, 0.1) is 19.3 Å². The van der Waals surface area contributed by atoms with Gasteiger partial charge in [-0.15, -0.1) is 24.0 Å². The molecular formula is C19H32BrIN4O. The zero-order valence-electron chi connectivity index (χ0n) is 16.0. The monoisotopic (exact) mass is 538 g/mol. The number of hydrogen-bond acceptors (Lipinski definition) is 3. The van der Waals surface area contributed by atoms with E-state index in [1.165, 1.54) is 5.56 Å². The summed E-state index contributed by atoms with van der Waals surface area (Å²) in [5.74, 6) is 1.40. The van der Waals surface area contributed by atoms with Gasteiger partial charge in [0.1, 0.15) is 0 Å². The average molecular weight is 539 g/mol. The summed E-state index contributed by atoms with van der Waals surface area (Å²) in [6.07, 6.45) is 0. The topological polar surface area (TPSA) is 48.9 Å². The number of hydrogen-bond donors (Lipinski definition) is 2. The molecule has 0 amide bonds. The fourth-order valence-electron chi connectivity index (χ4n) is 2.96. The van der Waals surface area contributed by atoms with E-state index in [0.717, 1.165) is 56.4 Å². The van der Waals surface area contributed by atoms with Gasteiger partial charge in [-0.2, -0.15) is 0 Å². The summed E-state index contributed by atoms with van der Waals surface area (Å²) in [5.41, 5.74) is 1.23. The minimum absolute atomic E-state index is 0. The molecule has 0 aliphatic carbocycles. The predicted molar refractivity (Wildman–Crippen MR) is 124 cm³/mol. The summed E-state index contributed by atoms with van der Waals surface area (Å²) in [6, 6.07) is 8.48. The summed E-state index contributed by atoms with van der Waals surface area (Å²) >= 11 is 3.63. The van der Waals surface area contributed by atoms with Crippen molar-refractivity contribution in [2.45, 2.75) is 26.8 Å². The summed E-state index contributed by atoms with van der Waals surface area (Å²) in [7, 11) is 0. The molecule has 2 rings (SSSR count). The Hall–Kier alpha value is -0.380. The van der Waals surface area contributed by atoms with Crippen molar-refractivity contribution in [1.29, 1.82) is 0 Å². The molecule has 2 atom stereocenters. The first-order valence-electron chi connectivity index (χ1n) is 9.19. The Morgan fingerprint density at radius 1 is 1.27 bits per heavy atom. The highest BCUT2D eigenvalue weighted by atomic mass is 127. The second kappa shape index (κ2) is 12.9. The Balaban J connectivity index is 0.00000338. The van der Waals surface area contributed by atoms with Crippen LogP contribution in [0.4, 0.5) is 0 Å². The number of aliphatic imine (C=N–C) groups is 1. The number of rotatable bonds is 7. The van der Waals surface area contributed by atoms with Gasteiger partial charge < -0.3 is 15.4 Å². The van der Waals surface area contributed by atoms with Crippen LogP contribution in [0, 0.1) is 5.92 Å². The SMILES string of the molecule is CCNC(=NCC(C)CN1CCOCC1)NC(C)c1ccccc1Br.I. The van der Waals surface area contributed by atoms with Crippen LogP contribution in [0.15, 0.2) is 33.7 Å². The van der Waals surface area contributed by atoms with Gasteiger partial charge in [-0.25, -0.2) is 0 Å². The lowest BCUT2D eigenvalue weighted by molar-refractivity contribution is 0.0323. The number of guanidine groups is 1. The predicted octanol–water partition coefficient (Wildman–Crippen LogP) is 3.65. The van der Waals surface area contributed by atoms with Gasteiger partial charge >= 0.3 is 0 Å². The molecule has 0 radical (unpaired) electrons. The van der Waals surface area contributed by atoms with Crippen LogP contribution in [0.5, 0.6) is 0 Å². The van der Waals surface area contributed by atoms with Crippen LogP contribution in [0.3, 0.4) is 0 Å². The molecule has 1 fully saturated rings. The van der Waals surface area contributed by atoms with Crippen molar-refractivity contribution in [3.05, 3.63) is 34.3 Å². The number of benzene rings is 1. The molecule has 0 bridgehead atoms. The molecule has 1 aromatic rings. The first-order chi connectivity index (χ1) is 12.1. The van der Waals surface area contributed by atoms with Crippen LogP contribution in [0.25, 0.3) is 0 Å². The van der Waals surface area contributed by atoms with Crippen molar-refractivity contribution in [3.8, 4) is 0 Å². The number of nitrogens with zero attached hydrogens (tertiary/aromatic N) is 2. The second-order valence-electron chi connectivity index (χ2n) is 6.63. The van der Waals surface area contributed by atoms with Crippen LogP contribution in [-0.2, 0) is 4.74 Å². The lowest BCUT2D eigenvalue weighted by Gasteiger charge is -2.28. The maximum atomic E-state index is 5.41. The van der Waals surface area contributed by atoms with E-state index >= 15 is 0 Å². The number of nitrogens with one attached hydrogen (secondary N) is 2. The lowest BCUT2D eigenvalue weighted by atomic mass is 10.1. The third-order valence-corrected chi connectivity index (χ3v) is 5.03. The van der Waals surface area contributed by atoms with Gasteiger partial charge in [-0.05, 0) is 31.4 Å². The van der Waals surface area contributed by atoms with Gasteiger partial charge in [0.15, 0.2) is 5.96 Å². The molecule has 148 valence electrons. The zero-order valence-corrected chi connectivity index (χ0v) is 19.9. The van der Waals surface area contributed by atoms with Crippen molar-refractivity contribution in [2.75, 3.05) is 45.9 Å². The Kier molecular flexibility index (Phi) is 11.7. The third-order valence-electron chi connectivity index (χ3n) is 4.30.